The van der Waals surface area contributed by atoms with Crippen LogP contribution in [0.4, 0.5) is 11.4 Å². The van der Waals surface area contributed by atoms with Crippen LogP contribution in [0.5, 0.6) is 0 Å². The Morgan fingerprint density at radius 1 is 1.50 bits per heavy atom. The molecule has 0 unspecified atom stereocenters. The monoisotopic (exact) mass is 214 g/mol. The zero-order valence-electron chi connectivity index (χ0n) is 7.74. The van der Waals surface area contributed by atoms with Crippen molar-refractivity contribution in [2.75, 3.05) is 11.9 Å². The van der Waals surface area contributed by atoms with Crippen molar-refractivity contribution in [3.63, 3.8) is 0 Å². The first-order valence-corrected chi connectivity index (χ1v) is 4.21. The fraction of sp³-hybridized carbons (Fsp3) is 0.333. The first-order valence-electron chi connectivity index (χ1n) is 4.21. The Morgan fingerprint density at radius 3 is 2.86 bits per heavy atom. The van der Waals surface area contributed by atoms with E-state index in [-0.39, 0.29) is 23.0 Å². The normalized spacial score (nSPS) is 12.6. The molecule has 1 N–H and O–H groups in total. The smallest absolute Gasteiger partial charge is 0.292 e. The van der Waals surface area contributed by atoms with Crippen molar-refractivity contribution in [3.8, 4) is 0 Å². The van der Waals surface area contributed by atoms with Crippen LogP contribution in [0.25, 0.3) is 0 Å². The second-order valence-electron chi connectivity index (χ2n) is 3.19. The molecule has 0 amide bonds. The van der Waals surface area contributed by atoms with Crippen molar-refractivity contribution in [1.82, 2.24) is 0 Å². The van der Waals surface area contributed by atoms with Crippen molar-refractivity contribution in [3.05, 3.63) is 33.4 Å². The summed E-state index contributed by atoms with van der Waals surface area (Å²) < 4.78 is 0. The molecular formula is C9H11ClN2O2. The highest BCUT2D eigenvalue weighted by atomic mass is 35.5. The molecule has 4 nitrogen and oxygen atoms in total. The Kier molecular flexibility index (Phi) is 2.96. The molecule has 1 aliphatic rings. The number of halogens is 1. The number of nitro groups is 1. The Bertz CT molecular complexity index is 379. The summed E-state index contributed by atoms with van der Waals surface area (Å²) in [6.07, 6.45) is 0.892. The Labute approximate surface area is 87.9 Å². The van der Waals surface area contributed by atoms with E-state index in [1.54, 1.807) is 6.07 Å². The van der Waals surface area contributed by atoms with E-state index in [0.717, 1.165) is 24.1 Å². The van der Waals surface area contributed by atoms with Crippen LogP contribution >= 0.6 is 12.4 Å². The molecule has 5 heteroatoms. The lowest BCUT2D eigenvalue weighted by atomic mass is 10.1. The molecule has 1 heterocycles. The number of fused-ring (bicyclic) bond motifs is 1. The molecule has 0 radical (unpaired) electrons. The van der Waals surface area contributed by atoms with E-state index in [4.69, 9.17) is 0 Å². The fourth-order valence-corrected chi connectivity index (χ4v) is 1.72. The minimum atomic E-state index is -0.337. The maximum absolute atomic E-state index is 10.6. The van der Waals surface area contributed by atoms with E-state index in [2.05, 4.69) is 5.32 Å². The molecule has 2 rings (SSSR count). The number of nitro benzene ring substituents is 1. The molecule has 14 heavy (non-hydrogen) atoms. The van der Waals surface area contributed by atoms with Crippen LogP contribution in [-0.4, -0.2) is 11.5 Å². The number of aryl methyl sites for hydroxylation is 1. The van der Waals surface area contributed by atoms with Gasteiger partial charge in [0.2, 0.25) is 0 Å². The summed E-state index contributed by atoms with van der Waals surface area (Å²) in [4.78, 5) is 10.3. The van der Waals surface area contributed by atoms with Gasteiger partial charge in [0.15, 0.2) is 0 Å². The van der Waals surface area contributed by atoms with Crippen molar-refractivity contribution in [2.24, 2.45) is 0 Å². The lowest BCUT2D eigenvalue weighted by molar-refractivity contribution is -0.383. The molecule has 0 aliphatic carbocycles. The quantitative estimate of drug-likeness (QED) is 0.577. The predicted octanol–water partition coefficient (Wildman–Crippen LogP) is 2.29. The summed E-state index contributed by atoms with van der Waals surface area (Å²) in [5, 5.41) is 13.7. The first-order chi connectivity index (χ1) is 6.20. The van der Waals surface area contributed by atoms with E-state index < -0.39 is 0 Å². The average molecular weight is 215 g/mol. The molecule has 0 bridgehead atoms. The number of benzene rings is 1. The van der Waals surface area contributed by atoms with E-state index in [1.165, 1.54) is 0 Å². The molecule has 0 aromatic heterocycles. The number of hydrogen-bond acceptors (Lipinski definition) is 3. The van der Waals surface area contributed by atoms with Gasteiger partial charge in [0.1, 0.15) is 5.69 Å². The van der Waals surface area contributed by atoms with Gasteiger partial charge in [0, 0.05) is 12.6 Å². The zero-order valence-corrected chi connectivity index (χ0v) is 8.56. The van der Waals surface area contributed by atoms with Crippen molar-refractivity contribution < 1.29 is 4.92 Å². The Hall–Kier alpha value is -1.29. The standard InChI is InChI=1S/C9H10N2O2.ClH/c1-6-2-3-8(11(12)13)9-7(6)4-5-10-9;/h2-3,10H,4-5H2,1H3;1H. The summed E-state index contributed by atoms with van der Waals surface area (Å²) in [6, 6.07) is 3.37. The van der Waals surface area contributed by atoms with Crippen LogP contribution in [-0.2, 0) is 6.42 Å². The fourth-order valence-electron chi connectivity index (χ4n) is 1.72. The van der Waals surface area contributed by atoms with Crippen molar-refractivity contribution >= 4 is 23.8 Å². The number of nitrogens with zero attached hydrogens (tertiary/aromatic N) is 1. The minimum absolute atomic E-state index is 0. The van der Waals surface area contributed by atoms with Gasteiger partial charge in [-0.1, -0.05) is 6.07 Å². The number of nitrogens with one attached hydrogen (secondary N) is 1. The molecule has 1 aromatic carbocycles. The molecule has 0 atom stereocenters. The maximum Gasteiger partial charge on any atom is 0.292 e. The topological polar surface area (TPSA) is 55.2 Å². The van der Waals surface area contributed by atoms with Gasteiger partial charge in [-0.3, -0.25) is 10.1 Å². The van der Waals surface area contributed by atoms with Crippen LogP contribution in [0.3, 0.4) is 0 Å². The van der Waals surface area contributed by atoms with E-state index >= 15 is 0 Å². The molecule has 0 fully saturated rings. The number of anilines is 1. The van der Waals surface area contributed by atoms with Crippen LogP contribution in [0, 0.1) is 17.0 Å². The summed E-state index contributed by atoms with van der Waals surface area (Å²) >= 11 is 0. The maximum atomic E-state index is 10.6. The van der Waals surface area contributed by atoms with Gasteiger partial charge in [-0.2, -0.15) is 0 Å². The highest BCUT2D eigenvalue weighted by Crippen LogP contribution is 2.34. The largest absolute Gasteiger partial charge is 0.379 e. The van der Waals surface area contributed by atoms with Crippen LogP contribution in [0.2, 0.25) is 0 Å². The highest BCUT2D eigenvalue weighted by molar-refractivity contribution is 5.85. The predicted molar refractivity (Wildman–Crippen MR) is 57.3 cm³/mol. The van der Waals surface area contributed by atoms with Gasteiger partial charge in [-0.05, 0) is 24.5 Å². The van der Waals surface area contributed by atoms with Gasteiger partial charge < -0.3 is 5.32 Å². The Balaban J connectivity index is 0.000000980. The molecule has 1 aliphatic heterocycles. The van der Waals surface area contributed by atoms with Crippen LogP contribution in [0.1, 0.15) is 11.1 Å². The third-order valence-electron chi connectivity index (χ3n) is 2.40. The van der Waals surface area contributed by atoms with E-state index in [0.29, 0.717) is 5.69 Å². The lowest BCUT2D eigenvalue weighted by Crippen LogP contribution is -1.96. The van der Waals surface area contributed by atoms with E-state index in [1.807, 2.05) is 13.0 Å². The molecule has 76 valence electrons. The van der Waals surface area contributed by atoms with Gasteiger partial charge in [-0.15, -0.1) is 12.4 Å². The molecule has 0 saturated heterocycles. The Morgan fingerprint density at radius 2 is 2.21 bits per heavy atom. The van der Waals surface area contributed by atoms with Gasteiger partial charge in [-0.25, -0.2) is 0 Å². The molecule has 0 spiro atoms. The lowest BCUT2D eigenvalue weighted by Gasteiger charge is -2.03. The summed E-state index contributed by atoms with van der Waals surface area (Å²) in [5.74, 6) is 0. The first kappa shape index (κ1) is 10.8. The molecule has 1 aromatic rings. The van der Waals surface area contributed by atoms with Crippen LogP contribution < -0.4 is 5.32 Å². The summed E-state index contributed by atoms with van der Waals surface area (Å²) in [7, 11) is 0. The zero-order chi connectivity index (χ0) is 9.42. The second kappa shape index (κ2) is 3.84. The number of rotatable bonds is 1. The van der Waals surface area contributed by atoms with Crippen molar-refractivity contribution in [2.45, 2.75) is 13.3 Å². The SMILES string of the molecule is Cc1ccc([N+](=O)[O-])c2c1CCN2.Cl. The van der Waals surface area contributed by atoms with E-state index in [9.17, 15) is 10.1 Å². The van der Waals surface area contributed by atoms with Gasteiger partial charge >= 0.3 is 0 Å². The average Bonchev–Trinajstić information content (AvgIpc) is 2.53. The minimum Gasteiger partial charge on any atom is -0.379 e. The third kappa shape index (κ3) is 1.53. The summed E-state index contributed by atoms with van der Waals surface area (Å²) in [5.41, 5.74) is 3.13. The second-order valence-corrected chi connectivity index (χ2v) is 3.19. The van der Waals surface area contributed by atoms with Crippen LogP contribution in [0.15, 0.2) is 12.1 Å². The van der Waals surface area contributed by atoms with Crippen molar-refractivity contribution in [1.29, 1.82) is 0 Å². The number of hydrogen-bond donors (Lipinski definition) is 1. The van der Waals surface area contributed by atoms with Gasteiger partial charge in [0.25, 0.3) is 5.69 Å². The highest BCUT2D eigenvalue weighted by Gasteiger charge is 2.22. The third-order valence-corrected chi connectivity index (χ3v) is 2.40. The molecular weight excluding hydrogens is 204 g/mol. The summed E-state index contributed by atoms with van der Waals surface area (Å²) in [6.45, 7) is 2.79. The van der Waals surface area contributed by atoms with Gasteiger partial charge in [0.05, 0.1) is 4.92 Å². The molecule has 0 saturated carbocycles.